The van der Waals surface area contributed by atoms with Crippen LogP contribution >= 0.6 is 11.3 Å². The van der Waals surface area contributed by atoms with Gasteiger partial charge in [0.25, 0.3) is 0 Å². The number of para-hydroxylation sites is 1. The van der Waals surface area contributed by atoms with Crippen LogP contribution in [0.15, 0.2) is 30.3 Å². The zero-order valence-electron chi connectivity index (χ0n) is 8.71. The summed E-state index contributed by atoms with van der Waals surface area (Å²) in [6, 6.07) is 9.99. The van der Waals surface area contributed by atoms with E-state index >= 15 is 0 Å². The van der Waals surface area contributed by atoms with Crippen molar-refractivity contribution in [2.75, 3.05) is 5.73 Å². The second-order valence-corrected chi connectivity index (χ2v) is 4.55. The highest BCUT2D eigenvalue weighted by Crippen LogP contribution is 2.28. The second-order valence-electron chi connectivity index (χ2n) is 3.54. The minimum absolute atomic E-state index is 0.584. The van der Waals surface area contributed by atoms with Gasteiger partial charge in [-0.25, -0.2) is 9.67 Å². The van der Waals surface area contributed by atoms with Crippen molar-refractivity contribution in [2.24, 2.45) is 0 Å². The smallest absolute Gasteiger partial charge is 0.182 e. The Morgan fingerprint density at radius 3 is 2.75 bits per heavy atom. The zero-order valence-corrected chi connectivity index (χ0v) is 9.53. The summed E-state index contributed by atoms with van der Waals surface area (Å²) in [5, 5.41) is 5.05. The molecule has 0 aliphatic rings. The standard InChI is InChI=1S/C11H10N4S/c1-7-9-10(16-11(12)13-9)15(14-7)8-5-3-2-4-6-8/h2-6H,1H3,(H2,12,13). The van der Waals surface area contributed by atoms with Crippen molar-refractivity contribution in [1.29, 1.82) is 0 Å². The minimum Gasteiger partial charge on any atom is -0.375 e. The average molecular weight is 230 g/mol. The molecule has 0 amide bonds. The fraction of sp³-hybridized carbons (Fsp3) is 0.0909. The molecule has 0 bridgehead atoms. The minimum atomic E-state index is 0.584. The number of anilines is 1. The van der Waals surface area contributed by atoms with E-state index in [0.717, 1.165) is 21.7 Å². The van der Waals surface area contributed by atoms with Gasteiger partial charge in [0.05, 0.1) is 11.4 Å². The van der Waals surface area contributed by atoms with Gasteiger partial charge in [-0.05, 0) is 19.1 Å². The molecule has 2 heterocycles. The van der Waals surface area contributed by atoms with Crippen LogP contribution in [0.2, 0.25) is 0 Å². The van der Waals surface area contributed by atoms with Crippen LogP contribution in [0, 0.1) is 6.92 Å². The van der Waals surface area contributed by atoms with Crippen LogP contribution in [0.4, 0.5) is 5.13 Å². The molecule has 1 aromatic carbocycles. The molecule has 0 spiro atoms. The first-order chi connectivity index (χ1) is 7.75. The van der Waals surface area contributed by atoms with E-state index in [1.165, 1.54) is 11.3 Å². The molecule has 0 radical (unpaired) electrons. The van der Waals surface area contributed by atoms with E-state index in [-0.39, 0.29) is 0 Å². The fourth-order valence-electron chi connectivity index (χ4n) is 1.69. The van der Waals surface area contributed by atoms with Crippen molar-refractivity contribution >= 4 is 26.8 Å². The van der Waals surface area contributed by atoms with Gasteiger partial charge < -0.3 is 5.73 Å². The summed E-state index contributed by atoms with van der Waals surface area (Å²) in [5.41, 5.74) is 8.55. The SMILES string of the molecule is Cc1nn(-c2ccccc2)c2sc(N)nc12. The molecular formula is C11H10N4S. The van der Waals surface area contributed by atoms with Gasteiger partial charge in [0, 0.05) is 0 Å². The molecular weight excluding hydrogens is 220 g/mol. The van der Waals surface area contributed by atoms with E-state index in [4.69, 9.17) is 5.73 Å². The van der Waals surface area contributed by atoms with Gasteiger partial charge in [0.15, 0.2) is 5.13 Å². The van der Waals surface area contributed by atoms with E-state index in [1.807, 2.05) is 41.9 Å². The second kappa shape index (κ2) is 3.31. The van der Waals surface area contributed by atoms with Crippen molar-refractivity contribution < 1.29 is 0 Å². The number of aryl methyl sites for hydroxylation is 1. The lowest BCUT2D eigenvalue weighted by Crippen LogP contribution is -1.94. The Morgan fingerprint density at radius 2 is 2.00 bits per heavy atom. The van der Waals surface area contributed by atoms with Crippen LogP contribution in [0.5, 0.6) is 0 Å². The van der Waals surface area contributed by atoms with E-state index in [9.17, 15) is 0 Å². The third-order valence-electron chi connectivity index (χ3n) is 2.41. The summed E-state index contributed by atoms with van der Waals surface area (Å²) < 4.78 is 1.89. The molecule has 3 rings (SSSR count). The van der Waals surface area contributed by atoms with Gasteiger partial charge >= 0.3 is 0 Å². The predicted molar refractivity (Wildman–Crippen MR) is 65.9 cm³/mol. The lowest BCUT2D eigenvalue weighted by atomic mass is 10.3. The molecule has 0 unspecified atom stereocenters. The highest BCUT2D eigenvalue weighted by molar-refractivity contribution is 7.21. The summed E-state index contributed by atoms with van der Waals surface area (Å²) >= 11 is 1.46. The van der Waals surface area contributed by atoms with Gasteiger partial charge in [-0.2, -0.15) is 5.10 Å². The molecule has 0 fully saturated rings. The van der Waals surface area contributed by atoms with Gasteiger partial charge in [0.1, 0.15) is 10.3 Å². The number of nitrogen functional groups attached to an aromatic ring is 1. The summed E-state index contributed by atoms with van der Waals surface area (Å²) in [6.07, 6.45) is 0. The predicted octanol–water partition coefficient (Wildman–Crippen LogP) is 2.37. The number of thiazole rings is 1. The van der Waals surface area contributed by atoms with Crippen molar-refractivity contribution in [3.05, 3.63) is 36.0 Å². The van der Waals surface area contributed by atoms with E-state index in [1.54, 1.807) is 0 Å². The number of aromatic nitrogens is 3. The first-order valence-electron chi connectivity index (χ1n) is 4.93. The maximum atomic E-state index is 5.72. The average Bonchev–Trinajstić information content (AvgIpc) is 2.80. The third kappa shape index (κ3) is 1.29. The number of rotatable bonds is 1. The van der Waals surface area contributed by atoms with Crippen molar-refractivity contribution in [1.82, 2.24) is 14.8 Å². The molecule has 0 saturated heterocycles. The van der Waals surface area contributed by atoms with Crippen LogP contribution < -0.4 is 5.73 Å². The Morgan fingerprint density at radius 1 is 1.25 bits per heavy atom. The van der Waals surface area contributed by atoms with Crippen LogP contribution in [0.3, 0.4) is 0 Å². The number of nitrogens with zero attached hydrogens (tertiary/aromatic N) is 3. The van der Waals surface area contributed by atoms with Crippen LogP contribution in [0.1, 0.15) is 5.69 Å². The Balaban J connectivity index is 2.32. The lowest BCUT2D eigenvalue weighted by molar-refractivity contribution is 0.893. The van der Waals surface area contributed by atoms with Gasteiger partial charge in [0.2, 0.25) is 0 Å². The lowest BCUT2D eigenvalue weighted by Gasteiger charge is -1.99. The molecule has 2 aromatic heterocycles. The summed E-state index contributed by atoms with van der Waals surface area (Å²) in [5.74, 6) is 0. The summed E-state index contributed by atoms with van der Waals surface area (Å²) in [6.45, 7) is 1.95. The Hall–Kier alpha value is -1.88. The maximum Gasteiger partial charge on any atom is 0.182 e. The molecule has 4 nitrogen and oxygen atoms in total. The van der Waals surface area contributed by atoms with Crippen molar-refractivity contribution in [2.45, 2.75) is 6.92 Å². The van der Waals surface area contributed by atoms with Crippen LogP contribution in [0.25, 0.3) is 16.0 Å². The zero-order chi connectivity index (χ0) is 11.1. The molecule has 0 aliphatic carbocycles. The first-order valence-corrected chi connectivity index (χ1v) is 5.74. The van der Waals surface area contributed by atoms with E-state index in [2.05, 4.69) is 10.1 Å². The quantitative estimate of drug-likeness (QED) is 0.698. The third-order valence-corrected chi connectivity index (χ3v) is 3.27. The summed E-state index contributed by atoms with van der Waals surface area (Å²) in [7, 11) is 0. The molecule has 0 saturated carbocycles. The van der Waals surface area contributed by atoms with Gasteiger partial charge in [-0.1, -0.05) is 29.5 Å². The summed E-state index contributed by atoms with van der Waals surface area (Å²) in [4.78, 5) is 5.27. The van der Waals surface area contributed by atoms with E-state index < -0.39 is 0 Å². The number of nitrogens with two attached hydrogens (primary N) is 1. The molecule has 5 heteroatoms. The number of fused-ring (bicyclic) bond motifs is 1. The molecule has 80 valence electrons. The van der Waals surface area contributed by atoms with Gasteiger partial charge in [-0.15, -0.1) is 0 Å². The molecule has 16 heavy (non-hydrogen) atoms. The molecule has 0 atom stereocenters. The topological polar surface area (TPSA) is 56.7 Å². The molecule has 0 aliphatic heterocycles. The maximum absolute atomic E-state index is 5.72. The number of hydrogen-bond acceptors (Lipinski definition) is 4. The Labute approximate surface area is 96.3 Å². The Bertz CT molecular complexity index is 639. The van der Waals surface area contributed by atoms with Gasteiger partial charge in [-0.3, -0.25) is 0 Å². The highest BCUT2D eigenvalue weighted by Gasteiger charge is 2.13. The molecule has 2 N–H and O–H groups in total. The fourth-order valence-corrected chi connectivity index (χ4v) is 2.55. The van der Waals surface area contributed by atoms with Crippen LogP contribution in [-0.4, -0.2) is 14.8 Å². The van der Waals surface area contributed by atoms with Crippen molar-refractivity contribution in [3.63, 3.8) is 0 Å². The number of hydrogen-bond donors (Lipinski definition) is 1. The number of benzene rings is 1. The normalized spacial score (nSPS) is 11.1. The Kier molecular flexibility index (Phi) is 1.94. The molecule has 3 aromatic rings. The van der Waals surface area contributed by atoms with E-state index in [0.29, 0.717) is 5.13 Å². The van der Waals surface area contributed by atoms with Crippen molar-refractivity contribution in [3.8, 4) is 5.69 Å². The van der Waals surface area contributed by atoms with Crippen LogP contribution in [-0.2, 0) is 0 Å². The largest absolute Gasteiger partial charge is 0.375 e. The first kappa shape index (κ1) is 9.35. The highest BCUT2D eigenvalue weighted by atomic mass is 32.1. The monoisotopic (exact) mass is 230 g/mol.